The highest BCUT2D eigenvalue weighted by molar-refractivity contribution is 6.02. The van der Waals surface area contributed by atoms with Gasteiger partial charge in [-0.3, -0.25) is 9.48 Å². The SMILES string of the molecule is Cc1nn(C)cc1NC(=O)c1cocn1. The van der Waals surface area contributed by atoms with Gasteiger partial charge >= 0.3 is 0 Å². The average Bonchev–Trinajstić information content (AvgIpc) is 2.76. The zero-order valence-electron chi connectivity index (χ0n) is 8.39. The largest absolute Gasteiger partial charge is 0.451 e. The minimum atomic E-state index is -0.306. The summed E-state index contributed by atoms with van der Waals surface area (Å²) in [5, 5.41) is 6.79. The Morgan fingerprint density at radius 2 is 2.40 bits per heavy atom. The minimum Gasteiger partial charge on any atom is -0.451 e. The lowest BCUT2D eigenvalue weighted by Gasteiger charge is -1.98. The molecule has 1 amide bonds. The van der Waals surface area contributed by atoms with Crippen molar-refractivity contribution in [3.63, 3.8) is 0 Å². The molecule has 0 saturated carbocycles. The molecular weight excluding hydrogens is 196 g/mol. The van der Waals surface area contributed by atoms with E-state index in [4.69, 9.17) is 4.42 Å². The first-order valence-corrected chi connectivity index (χ1v) is 4.36. The van der Waals surface area contributed by atoms with Crippen molar-refractivity contribution in [2.24, 2.45) is 7.05 Å². The summed E-state index contributed by atoms with van der Waals surface area (Å²) in [6, 6.07) is 0. The molecular formula is C9H10N4O2. The van der Waals surface area contributed by atoms with Crippen LogP contribution in [0.25, 0.3) is 0 Å². The number of aryl methyl sites for hydroxylation is 2. The molecule has 0 aliphatic rings. The lowest BCUT2D eigenvalue weighted by Crippen LogP contribution is -2.12. The van der Waals surface area contributed by atoms with Crippen LogP contribution in [-0.4, -0.2) is 20.7 Å². The predicted molar refractivity (Wildman–Crippen MR) is 52.4 cm³/mol. The second-order valence-corrected chi connectivity index (χ2v) is 3.13. The Morgan fingerprint density at radius 1 is 1.60 bits per heavy atom. The second kappa shape index (κ2) is 3.56. The summed E-state index contributed by atoms with van der Waals surface area (Å²) in [5.41, 5.74) is 1.68. The molecule has 2 heterocycles. The van der Waals surface area contributed by atoms with Gasteiger partial charge in [0.2, 0.25) is 0 Å². The normalized spacial score (nSPS) is 10.3. The number of nitrogens with one attached hydrogen (secondary N) is 1. The maximum atomic E-state index is 11.6. The van der Waals surface area contributed by atoms with Gasteiger partial charge in [0.25, 0.3) is 5.91 Å². The zero-order chi connectivity index (χ0) is 10.8. The van der Waals surface area contributed by atoms with Crippen LogP contribution in [0, 0.1) is 6.92 Å². The van der Waals surface area contributed by atoms with E-state index in [0.717, 1.165) is 5.69 Å². The second-order valence-electron chi connectivity index (χ2n) is 3.13. The molecule has 0 bridgehead atoms. The number of hydrogen-bond acceptors (Lipinski definition) is 4. The van der Waals surface area contributed by atoms with Crippen LogP contribution in [0.5, 0.6) is 0 Å². The number of carbonyl (C=O) groups is 1. The van der Waals surface area contributed by atoms with Gasteiger partial charge in [-0.05, 0) is 6.92 Å². The van der Waals surface area contributed by atoms with E-state index in [-0.39, 0.29) is 11.6 Å². The number of oxazole rings is 1. The van der Waals surface area contributed by atoms with Crippen molar-refractivity contribution in [3.8, 4) is 0 Å². The summed E-state index contributed by atoms with van der Waals surface area (Å²) >= 11 is 0. The van der Waals surface area contributed by atoms with Crippen LogP contribution in [-0.2, 0) is 7.05 Å². The van der Waals surface area contributed by atoms with Crippen molar-refractivity contribution in [1.29, 1.82) is 0 Å². The van der Waals surface area contributed by atoms with E-state index < -0.39 is 0 Å². The number of carbonyl (C=O) groups excluding carboxylic acids is 1. The van der Waals surface area contributed by atoms with Crippen LogP contribution in [0.1, 0.15) is 16.2 Å². The average molecular weight is 206 g/mol. The Labute approximate surface area is 85.9 Å². The predicted octanol–water partition coefficient (Wildman–Crippen LogP) is 0.969. The summed E-state index contributed by atoms with van der Waals surface area (Å²) in [5.74, 6) is -0.306. The smallest absolute Gasteiger partial charge is 0.277 e. The summed E-state index contributed by atoms with van der Waals surface area (Å²) < 4.78 is 6.35. The molecule has 6 heteroatoms. The van der Waals surface area contributed by atoms with Gasteiger partial charge in [-0.1, -0.05) is 0 Å². The molecule has 0 aromatic carbocycles. The number of hydrogen-bond donors (Lipinski definition) is 1. The van der Waals surface area contributed by atoms with E-state index in [1.54, 1.807) is 17.9 Å². The van der Waals surface area contributed by atoms with E-state index in [2.05, 4.69) is 15.4 Å². The van der Waals surface area contributed by atoms with Gasteiger partial charge in [0.05, 0.1) is 11.4 Å². The summed E-state index contributed by atoms with van der Waals surface area (Å²) in [7, 11) is 1.79. The van der Waals surface area contributed by atoms with Crippen molar-refractivity contribution in [2.45, 2.75) is 6.92 Å². The molecule has 78 valence electrons. The Morgan fingerprint density at radius 3 is 2.93 bits per heavy atom. The third kappa shape index (κ3) is 1.88. The monoisotopic (exact) mass is 206 g/mol. The summed E-state index contributed by atoms with van der Waals surface area (Å²) in [6.07, 6.45) is 4.24. The fraction of sp³-hybridized carbons (Fsp3) is 0.222. The molecule has 0 atom stereocenters. The van der Waals surface area contributed by atoms with Gasteiger partial charge in [-0.2, -0.15) is 5.10 Å². The molecule has 1 N–H and O–H groups in total. The Balaban J connectivity index is 2.16. The molecule has 0 radical (unpaired) electrons. The third-order valence-corrected chi connectivity index (χ3v) is 1.93. The van der Waals surface area contributed by atoms with Crippen LogP contribution in [0.2, 0.25) is 0 Å². The summed E-state index contributed by atoms with van der Waals surface area (Å²) in [6.45, 7) is 1.82. The molecule has 0 fully saturated rings. The molecule has 0 aliphatic heterocycles. The molecule has 15 heavy (non-hydrogen) atoms. The number of amides is 1. The molecule has 6 nitrogen and oxygen atoms in total. The Hall–Kier alpha value is -2.11. The first kappa shape index (κ1) is 9.45. The molecule has 0 aliphatic carbocycles. The topological polar surface area (TPSA) is 73.0 Å². The van der Waals surface area contributed by atoms with Gasteiger partial charge in [0.15, 0.2) is 12.1 Å². The quantitative estimate of drug-likeness (QED) is 0.794. The number of rotatable bonds is 2. The van der Waals surface area contributed by atoms with Crippen LogP contribution in [0.4, 0.5) is 5.69 Å². The first-order valence-electron chi connectivity index (χ1n) is 4.36. The standard InChI is InChI=1S/C9H10N4O2/c1-6-7(3-13(2)12-6)11-9(14)8-4-15-5-10-8/h3-5H,1-2H3,(H,11,14). The molecule has 2 aromatic heterocycles. The first-order chi connectivity index (χ1) is 7.16. The summed E-state index contributed by atoms with van der Waals surface area (Å²) in [4.78, 5) is 15.3. The van der Waals surface area contributed by atoms with E-state index in [0.29, 0.717) is 5.69 Å². The zero-order valence-corrected chi connectivity index (χ0v) is 8.39. The van der Waals surface area contributed by atoms with Crippen molar-refractivity contribution < 1.29 is 9.21 Å². The van der Waals surface area contributed by atoms with E-state index in [1.165, 1.54) is 12.7 Å². The van der Waals surface area contributed by atoms with E-state index in [1.807, 2.05) is 6.92 Å². The highest BCUT2D eigenvalue weighted by Gasteiger charge is 2.11. The van der Waals surface area contributed by atoms with Crippen molar-refractivity contribution >= 4 is 11.6 Å². The van der Waals surface area contributed by atoms with E-state index >= 15 is 0 Å². The van der Waals surface area contributed by atoms with Gasteiger partial charge in [0, 0.05) is 13.2 Å². The van der Waals surface area contributed by atoms with Crippen LogP contribution in [0.3, 0.4) is 0 Å². The van der Waals surface area contributed by atoms with Crippen molar-refractivity contribution in [3.05, 3.63) is 30.2 Å². The van der Waals surface area contributed by atoms with Gasteiger partial charge in [-0.25, -0.2) is 4.98 Å². The van der Waals surface area contributed by atoms with Crippen molar-refractivity contribution in [1.82, 2.24) is 14.8 Å². The van der Waals surface area contributed by atoms with Gasteiger partial charge in [-0.15, -0.1) is 0 Å². The molecule has 2 rings (SSSR count). The fourth-order valence-corrected chi connectivity index (χ4v) is 1.23. The molecule has 0 unspecified atom stereocenters. The Bertz CT molecular complexity index is 472. The lowest BCUT2D eigenvalue weighted by atomic mass is 10.3. The minimum absolute atomic E-state index is 0.248. The third-order valence-electron chi connectivity index (χ3n) is 1.93. The number of nitrogens with zero attached hydrogens (tertiary/aromatic N) is 3. The molecule has 2 aromatic rings. The maximum absolute atomic E-state index is 11.6. The van der Waals surface area contributed by atoms with Crippen molar-refractivity contribution in [2.75, 3.05) is 5.32 Å². The maximum Gasteiger partial charge on any atom is 0.277 e. The van der Waals surface area contributed by atoms with Crippen LogP contribution in [0.15, 0.2) is 23.3 Å². The highest BCUT2D eigenvalue weighted by atomic mass is 16.3. The van der Waals surface area contributed by atoms with Gasteiger partial charge in [0.1, 0.15) is 6.26 Å². The van der Waals surface area contributed by atoms with E-state index in [9.17, 15) is 4.79 Å². The van der Waals surface area contributed by atoms with Crippen LogP contribution < -0.4 is 5.32 Å². The molecule has 0 saturated heterocycles. The lowest BCUT2D eigenvalue weighted by molar-refractivity contribution is 0.102. The Kier molecular flexibility index (Phi) is 2.24. The van der Waals surface area contributed by atoms with Gasteiger partial charge < -0.3 is 9.73 Å². The highest BCUT2D eigenvalue weighted by Crippen LogP contribution is 2.12. The molecule has 0 spiro atoms. The number of aromatic nitrogens is 3. The number of anilines is 1. The van der Waals surface area contributed by atoms with Crippen LogP contribution >= 0.6 is 0 Å². The fourth-order valence-electron chi connectivity index (χ4n) is 1.23.